The molecule has 0 atom stereocenters. The molecule has 6 heteroatoms. The largest absolute Gasteiger partial charge is 0.484 e. The summed E-state index contributed by atoms with van der Waals surface area (Å²) in [5.74, 6) is -1.01. The van der Waals surface area contributed by atoms with Gasteiger partial charge in [-0.15, -0.1) is 0 Å². The Kier molecular flexibility index (Phi) is 4.53. The Balaban J connectivity index is 1.89. The summed E-state index contributed by atoms with van der Waals surface area (Å²) in [4.78, 5) is 11.6. The van der Waals surface area contributed by atoms with Crippen molar-refractivity contribution in [2.24, 2.45) is 0 Å². The Morgan fingerprint density at radius 1 is 1.15 bits per heavy atom. The molecule has 0 unspecified atom stereocenters. The first-order valence-electron chi connectivity index (χ1n) is 5.68. The third kappa shape index (κ3) is 3.93. The SMILES string of the molecule is O=C(COc1ccc(F)cc1)Nc1ccc(F)c(Cl)c1. The maximum absolute atomic E-state index is 12.9. The van der Waals surface area contributed by atoms with E-state index in [1.54, 1.807) is 0 Å². The van der Waals surface area contributed by atoms with Crippen LogP contribution in [0.25, 0.3) is 0 Å². The highest BCUT2D eigenvalue weighted by atomic mass is 35.5. The van der Waals surface area contributed by atoms with E-state index in [0.717, 1.165) is 6.07 Å². The topological polar surface area (TPSA) is 38.3 Å². The van der Waals surface area contributed by atoms with Crippen molar-refractivity contribution in [3.05, 3.63) is 59.1 Å². The molecule has 0 fully saturated rings. The Morgan fingerprint density at radius 3 is 2.50 bits per heavy atom. The van der Waals surface area contributed by atoms with Gasteiger partial charge in [-0.1, -0.05) is 11.6 Å². The zero-order valence-corrected chi connectivity index (χ0v) is 11.0. The molecule has 0 radical (unpaired) electrons. The fraction of sp³-hybridized carbons (Fsp3) is 0.0714. The number of halogens is 3. The van der Waals surface area contributed by atoms with Crippen molar-refractivity contribution in [2.75, 3.05) is 11.9 Å². The molecule has 1 amide bonds. The lowest BCUT2D eigenvalue weighted by molar-refractivity contribution is -0.118. The van der Waals surface area contributed by atoms with Gasteiger partial charge in [0, 0.05) is 5.69 Å². The second kappa shape index (κ2) is 6.34. The molecule has 0 aliphatic heterocycles. The van der Waals surface area contributed by atoms with E-state index in [0.29, 0.717) is 11.4 Å². The van der Waals surface area contributed by atoms with Crippen molar-refractivity contribution in [1.82, 2.24) is 0 Å². The van der Waals surface area contributed by atoms with Crippen LogP contribution in [0.5, 0.6) is 5.75 Å². The average molecular weight is 298 g/mol. The Morgan fingerprint density at radius 2 is 1.85 bits per heavy atom. The van der Waals surface area contributed by atoms with Gasteiger partial charge in [-0.05, 0) is 42.5 Å². The molecule has 0 bridgehead atoms. The molecule has 0 aliphatic carbocycles. The number of hydrogen-bond donors (Lipinski definition) is 1. The van der Waals surface area contributed by atoms with Crippen LogP contribution in [0.1, 0.15) is 0 Å². The predicted molar refractivity (Wildman–Crippen MR) is 71.9 cm³/mol. The van der Waals surface area contributed by atoms with E-state index in [4.69, 9.17) is 16.3 Å². The van der Waals surface area contributed by atoms with Crippen molar-refractivity contribution < 1.29 is 18.3 Å². The number of hydrogen-bond acceptors (Lipinski definition) is 2. The molecule has 0 heterocycles. The lowest BCUT2D eigenvalue weighted by Crippen LogP contribution is -2.20. The van der Waals surface area contributed by atoms with Crippen LogP contribution in [0.2, 0.25) is 5.02 Å². The molecule has 2 rings (SSSR count). The zero-order valence-electron chi connectivity index (χ0n) is 10.2. The van der Waals surface area contributed by atoms with Gasteiger partial charge in [0.25, 0.3) is 5.91 Å². The van der Waals surface area contributed by atoms with Crippen LogP contribution in [0.3, 0.4) is 0 Å². The molecule has 0 saturated heterocycles. The molecule has 0 saturated carbocycles. The van der Waals surface area contributed by atoms with Gasteiger partial charge in [0.05, 0.1) is 5.02 Å². The summed E-state index contributed by atoms with van der Waals surface area (Å²) < 4.78 is 30.8. The third-order valence-corrected chi connectivity index (χ3v) is 2.68. The number of nitrogens with one attached hydrogen (secondary N) is 1. The molecule has 2 aromatic rings. The van der Waals surface area contributed by atoms with Crippen LogP contribution < -0.4 is 10.1 Å². The maximum Gasteiger partial charge on any atom is 0.262 e. The van der Waals surface area contributed by atoms with Crippen LogP contribution in [0, 0.1) is 11.6 Å². The smallest absolute Gasteiger partial charge is 0.262 e. The van der Waals surface area contributed by atoms with E-state index in [1.807, 2.05) is 0 Å². The van der Waals surface area contributed by atoms with E-state index in [1.165, 1.54) is 36.4 Å². The number of anilines is 1. The van der Waals surface area contributed by atoms with Gasteiger partial charge in [0.15, 0.2) is 6.61 Å². The van der Waals surface area contributed by atoms with Gasteiger partial charge in [0.2, 0.25) is 0 Å². The van der Waals surface area contributed by atoms with Gasteiger partial charge in [-0.3, -0.25) is 4.79 Å². The summed E-state index contributed by atoms with van der Waals surface area (Å²) in [6.07, 6.45) is 0. The monoisotopic (exact) mass is 297 g/mol. The van der Waals surface area contributed by atoms with Gasteiger partial charge >= 0.3 is 0 Å². The van der Waals surface area contributed by atoms with Crippen LogP contribution in [0.15, 0.2) is 42.5 Å². The minimum atomic E-state index is -0.563. The average Bonchev–Trinajstić information content (AvgIpc) is 2.42. The predicted octanol–water partition coefficient (Wildman–Crippen LogP) is 3.64. The zero-order chi connectivity index (χ0) is 14.5. The lowest BCUT2D eigenvalue weighted by Gasteiger charge is -2.08. The molecule has 104 valence electrons. The van der Waals surface area contributed by atoms with Crippen LogP contribution in [-0.4, -0.2) is 12.5 Å². The Hall–Kier alpha value is -2.14. The van der Waals surface area contributed by atoms with Gasteiger partial charge in [0.1, 0.15) is 17.4 Å². The van der Waals surface area contributed by atoms with Crippen LogP contribution >= 0.6 is 11.6 Å². The lowest BCUT2D eigenvalue weighted by atomic mass is 10.3. The van der Waals surface area contributed by atoms with E-state index in [2.05, 4.69) is 5.32 Å². The minimum absolute atomic E-state index is 0.0812. The minimum Gasteiger partial charge on any atom is -0.484 e. The molecular weight excluding hydrogens is 288 g/mol. The summed E-state index contributed by atoms with van der Waals surface area (Å²) in [7, 11) is 0. The number of amides is 1. The van der Waals surface area contributed by atoms with Gasteiger partial charge in [-0.2, -0.15) is 0 Å². The second-order valence-electron chi connectivity index (χ2n) is 3.92. The van der Waals surface area contributed by atoms with E-state index >= 15 is 0 Å². The summed E-state index contributed by atoms with van der Waals surface area (Å²) in [6, 6.07) is 9.12. The van der Waals surface area contributed by atoms with Crippen molar-refractivity contribution in [2.45, 2.75) is 0 Å². The van der Waals surface area contributed by atoms with Crippen LogP contribution in [-0.2, 0) is 4.79 Å². The van der Waals surface area contributed by atoms with Gasteiger partial charge in [-0.25, -0.2) is 8.78 Å². The fourth-order valence-corrected chi connectivity index (χ4v) is 1.63. The molecule has 0 spiro atoms. The number of benzene rings is 2. The summed E-state index contributed by atoms with van der Waals surface area (Å²) in [5.41, 5.74) is 0.365. The standard InChI is InChI=1S/C14H10ClF2NO2/c15-12-7-10(3-6-13(12)17)18-14(19)8-20-11-4-1-9(16)2-5-11/h1-7H,8H2,(H,18,19). The first-order valence-corrected chi connectivity index (χ1v) is 6.05. The van der Waals surface area contributed by atoms with E-state index in [-0.39, 0.29) is 17.4 Å². The highest BCUT2D eigenvalue weighted by Gasteiger charge is 2.06. The molecule has 0 aliphatic rings. The molecule has 1 N–H and O–H groups in total. The Bertz CT molecular complexity index is 617. The first-order chi connectivity index (χ1) is 9.54. The first kappa shape index (κ1) is 14.3. The fourth-order valence-electron chi connectivity index (χ4n) is 1.45. The van der Waals surface area contributed by atoms with Crippen LogP contribution in [0.4, 0.5) is 14.5 Å². The van der Waals surface area contributed by atoms with E-state index in [9.17, 15) is 13.6 Å². The van der Waals surface area contributed by atoms with Crippen molar-refractivity contribution >= 4 is 23.2 Å². The molecule has 20 heavy (non-hydrogen) atoms. The summed E-state index contributed by atoms with van der Waals surface area (Å²) in [6.45, 7) is -0.249. The number of ether oxygens (including phenoxy) is 1. The molecule has 0 aromatic heterocycles. The number of carbonyl (C=O) groups excluding carboxylic acids is 1. The molecule has 2 aromatic carbocycles. The quantitative estimate of drug-likeness (QED) is 0.936. The second-order valence-corrected chi connectivity index (χ2v) is 4.33. The van der Waals surface area contributed by atoms with E-state index < -0.39 is 11.7 Å². The number of rotatable bonds is 4. The van der Waals surface area contributed by atoms with Crippen molar-refractivity contribution in [3.8, 4) is 5.75 Å². The normalized spacial score (nSPS) is 10.2. The van der Waals surface area contributed by atoms with Crippen molar-refractivity contribution in [3.63, 3.8) is 0 Å². The molecule has 3 nitrogen and oxygen atoms in total. The summed E-state index contributed by atoms with van der Waals surface area (Å²) >= 11 is 5.59. The number of carbonyl (C=O) groups is 1. The molecular formula is C14H10ClF2NO2. The Labute approximate surface area is 119 Å². The highest BCUT2D eigenvalue weighted by Crippen LogP contribution is 2.19. The van der Waals surface area contributed by atoms with Crippen molar-refractivity contribution in [1.29, 1.82) is 0 Å². The third-order valence-electron chi connectivity index (χ3n) is 2.39. The van der Waals surface area contributed by atoms with Gasteiger partial charge < -0.3 is 10.1 Å². The summed E-state index contributed by atoms with van der Waals surface area (Å²) in [5, 5.41) is 2.42. The maximum atomic E-state index is 12.9. The highest BCUT2D eigenvalue weighted by molar-refractivity contribution is 6.31.